The molecule has 0 aliphatic rings. The molecule has 0 aliphatic heterocycles. The fourth-order valence-corrected chi connectivity index (χ4v) is 2.62. The highest BCUT2D eigenvalue weighted by Crippen LogP contribution is 2.32. The van der Waals surface area contributed by atoms with Crippen LogP contribution in [0, 0.1) is 5.92 Å². The lowest BCUT2D eigenvalue weighted by atomic mass is 9.90. The summed E-state index contributed by atoms with van der Waals surface area (Å²) in [5, 5.41) is 11.5. The number of aliphatic hydroxyl groups excluding tert-OH is 1. The number of halogens is 2. The van der Waals surface area contributed by atoms with Crippen LogP contribution in [0.3, 0.4) is 0 Å². The molecule has 1 aromatic carbocycles. The number of benzene rings is 1. The Labute approximate surface area is 120 Å². The van der Waals surface area contributed by atoms with Gasteiger partial charge in [-0.2, -0.15) is 0 Å². The maximum Gasteiger partial charge on any atom is 0.0807 e. The smallest absolute Gasteiger partial charge is 0.0807 e. The van der Waals surface area contributed by atoms with Crippen molar-refractivity contribution in [3.8, 4) is 0 Å². The van der Waals surface area contributed by atoms with Crippen LogP contribution in [0.4, 0.5) is 0 Å². The van der Waals surface area contributed by atoms with Crippen LogP contribution in [0.2, 0.25) is 10.0 Å². The third-order valence-electron chi connectivity index (χ3n) is 3.42. The molecule has 0 fully saturated rings. The van der Waals surface area contributed by atoms with Gasteiger partial charge in [-0.25, -0.2) is 0 Å². The number of rotatable bonds is 7. The van der Waals surface area contributed by atoms with Gasteiger partial charge in [0.15, 0.2) is 0 Å². The van der Waals surface area contributed by atoms with E-state index >= 15 is 0 Å². The molecule has 0 saturated heterocycles. The maximum atomic E-state index is 10.3. The average Bonchev–Trinajstić information content (AvgIpc) is 2.37. The van der Waals surface area contributed by atoms with Gasteiger partial charge in [0, 0.05) is 15.6 Å². The Balaban J connectivity index is 2.67. The van der Waals surface area contributed by atoms with Gasteiger partial charge in [0.2, 0.25) is 0 Å². The molecule has 0 spiro atoms. The Hall–Kier alpha value is -0.240. The number of aliphatic hydroxyl groups is 1. The molecular formula is C15H22Cl2O. The van der Waals surface area contributed by atoms with E-state index in [9.17, 15) is 5.11 Å². The van der Waals surface area contributed by atoms with Crippen molar-refractivity contribution in [1.29, 1.82) is 0 Å². The molecule has 2 unspecified atom stereocenters. The van der Waals surface area contributed by atoms with Gasteiger partial charge < -0.3 is 5.11 Å². The summed E-state index contributed by atoms with van der Waals surface area (Å²) in [6.45, 7) is 4.36. The Morgan fingerprint density at radius 1 is 1.22 bits per heavy atom. The van der Waals surface area contributed by atoms with Gasteiger partial charge in [0.05, 0.1) is 6.10 Å². The fourth-order valence-electron chi connectivity index (χ4n) is 2.19. The first-order chi connectivity index (χ1) is 8.58. The van der Waals surface area contributed by atoms with Crippen LogP contribution in [-0.2, 0) is 0 Å². The van der Waals surface area contributed by atoms with Crippen LogP contribution in [0.5, 0.6) is 0 Å². The van der Waals surface area contributed by atoms with Gasteiger partial charge in [0.1, 0.15) is 0 Å². The highest BCUT2D eigenvalue weighted by Gasteiger charge is 2.17. The highest BCUT2D eigenvalue weighted by atomic mass is 35.5. The van der Waals surface area contributed by atoms with Crippen molar-refractivity contribution < 1.29 is 5.11 Å². The molecule has 0 aromatic heterocycles. The van der Waals surface area contributed by atoms with Crippen molar-refractivity contribution in [2.75, 3.05) is 0 Å². The molecule has 1 aromatic rings. The lowest BCUT2D eigenvalue weighted by Gasteiger charge is -2.20. The van der Waals surface area contributed by atoms with Gasteiger partial charge >= 0.3 is 0 Å². The van der Waals surface area contributed by atoms with Crippen LogP contribution in [-0.4, -0.2) is 5.11 Å². The molecule has 1 rings (SSSR count). The predicted molar refractivity (Wildman–Crippen MR) is 79.3 cm³/mol. The molecular weight excluding hydrogens is 267 g/mol. The van der Waals surface area contributed by atoms with Crippen molar-refractivity contribution in [3.63, 3.8) is 0 Å². The molecule has 0 radical (unpaired) electrons. The third kappa shape index (κ3) is 4.79. The summed E-state index contributed by atoms with van der Waals surface area (Å²) in [5.41, 5.74) is 0.749. The first-order valence-electron chi connectivity index (χ1n) is 6.71. The summed E-state index contributed by atoms with van der Waals surface area (Å²) in [7, 11) is 0. The molecule has 0 amide bonds. The number of unbranched alkanes of at least 4 members (excludes halogenated alkanes) is 1. The molecule has 18 heavy (non-hydrogen) atoms. The van der Waals surface area contributed by atoms with Gasteiger partial charge in [-0.3, -0.25) is 0 Å². The van der Waals surface area contributed by atoms with Gasteiger partial charge in [0.25, 0.3) is 0 Å². The lowest BCUT2D eigenvalue weighted by Crippen LogP contribution is -2.07. The molecule has 0 heterocycles. The van der Waals surface area contributed by atoms with Crippen LogP contribution in [0.25, 0.3) is 0 Å². The zero-order valence-corrected chi connectivity index (χ0v) is 12.6. The summed E-state index contributed by atoms with van der Waals surface area (Å²) in [4.78, 5) is 0. The minimum Gasteiger partial charge on any atom is -0.388 e. The van der Waals surface area contributed by atoms with Crippen molar-refractivity contribution in [3.05, 3.63) is 33.8 Å². The van der Waals surface area contributed by atoms with E-state index in [1.54, 1.807) is 18.2 Å². The fraction of sp³-hybridized carbons (Fsp3) is 0.600. The molecule has 0 saturated carbocycles. The van der Waals surface area contributed by atoms with Crippen LogP contribution >= 0.6 is 23.2 Å². The largest absolute Gasteiger partial charge is 0.388 e. The second kappa shape index (κ2) is 8.04. The van der Waals surface area contributed by atoms with E-state index in [4.69, 9.17) is 23.2 Å². The van der Waals surface area contributed by atoms with E-state index < -0.39 is 6.10 Å². The monoisotopic (exact) mass is 288 g/mol. The number of hydrogen-bond donors (Lipinski definition) is 1. The van der Waals surface area contributed by atoms with Crippen LogP contribution in [0.15, 0.2) is 18.2 Å². The van der Waals surface area contributed by atoms with E-state index in [-0.39, 0.29) is 0 Å². The second-order valence-corrected chi connectivity index (χ2v) is 5.68. The van der Waals surface area contributed by atoms with Crippen LogP contribution in [0.1, 0.15) is 57.6 Å². The summed E-state index contributed by atoms with van der Waals surface area (Å²) >= 11 is 12.0. The third-order valence-corrected chi connectivity index (χ3v) is 4.00. The summed E-state index contributed by atoms with van der Waals surface area (Å²) < 4.78 is 0. The minimum atomic E-state index is -0.516. The van der Waals surface area contributed by atoms with Crippen molar-refractivity contribution in [1.82, 2.24) is 0 Å². The quantitative estimate of drug-likeness (QED) is 0.689. The van der Waals surface area contributed by atoms with Crippen molar-refractivity contribution in [2.24, 2.45) is 5.92 Å². The summed E-state index contributed by atoms with van der Waals surface area (Å²) in [6, 6.07) is 5.25. The molecule has 3 heteroatoms. The van der Waals surface area contributed by atoms with Gasteiger partial charge in [-0.15, -0.1) is 0 Å². The SMILES string of the molecule is CCCCC(CC)CC(O)c1cc(Cl)ccc1Cl. The van der Waals surface area contributed by atoms with Gasteiger partial charge in [-0.1, -0.05) is 62.7 Å². The van der Waals surface area contributed by atoms with E-state index in [0.717, 1.165) is 18.4 Å². The first-order valence-corrected chi connectivity index (χ1v) is 7.47. The molecule has 0 bridgehead atoms. The predicted octanol–water partition coefficient (Wildman–Crippen LogP) is 5.63. The maximum absolute atomic E-state index is 10.3. The molecule has 2 atom stereocenters. The average molecular weight is 289 g/mol. The Morgan fingerprint density at radius 2 is 1.94 bits per heavy atom. The molecule has 102 valence electrons. The van der Waals surface area contributed by atoms with E-state index in [1.807, 2.05) is 0 Å². The van der Waals surface area contributed by atoms with E-state index in [1.165, 1.54) is 19.3 Å². The van der Waals surface area contributed by atoms with Crippen molar-refractivity contribution in [2.45, 2.75) is 52.1 Å². The minimum absolute atomic E-state index is 0.516. The Kier molecular flexibility index (Phi) is 7.06. The van der Waals surface area contributed by atoms with E-state index in [0.29, 0.717) is 16.0 Å². The lowest BCUT2D eigenvalue weighted by molar-refractivity contribution is 0.139. The highest BCUT2D eigenvalue weighted by molar-refractivity contribution is 6.33. The summed E-state index contributed by atoms with van der Waals surface area (Å²) in [6.07, 6.45) is 4.92. The topological polar surface area (TPSA) is 20.2 Å². The molecule has 1 N–H and O–H groups in total. The van der Waals surface area contributed by atoms with Crippen molar-refractivity contribution >= 4 is 23.2 Å². The first kappa shape index (κ1) is 15.8. The molecule has 0 aliphatic carbocycles. The summed E-state index contributed by atoms with van der Waals surface area (Å²) in [5.74, 6) is 0.551. The second-order valence-electron chi connectivity index (χ2n) is 4.83. The van der Waals surface area contributed by atoms with Crippen LogP contribution < -0.4 is 0 Å². The number of hydrogen-bond acceptors (Lipinski definition) is 1. The zero-order valence-electron chi connectivity index (χ0n) is 11.1. The Morgan fingerprint density at radius 3 is 2.56 bits per heavy atom. The zero-order chi connectivity index (χ0) is 13.5. The Bertz CT molecular complexity index is 366. The molecule has 1 nitrogen and oxygen atoms in total. The standard InChI is InChI=1S/C15H22Cl2O/c1-3-5-6-11(4-2)9-15(18)13-10-12(16)7-8-14(13)17/h7-8,10-11,15,18H,3-6,9H2,1-2H3. The van der Waals surface area contributed by atoms with E-state index in [2.05, 4.69) is 13.8 Å². The van der Waals surface area contributed by atoms with Gasteiger partial charge in [-0.05, 0) is 30.5 Å². The normalized spacial score (nSPS) is 14.5.